The van der Waals surface area contributed by atoms with Crippen LogP contribution < -0.4 is 0 Å². The molecule has 0 aliphatic heterocycles. The Hall–Kier alpha value is -1.04. The molecule has 0 aliphatic carbocycles. The summed E-state index contributed by atoms with van der Waals surface area (Å²) in [5.41, 5.74) is 0. The maximum Gasteiger partial charge on any atom is 0.313 e. The minimum Gasteiger partial charge on any atom is -0.481 e. The molecule has 0 saturated carbocycles. The number of aliphatic carboxylic acids is 1. The van der Waals surface area contributed by atoms with Crippen LogP contribution in [0.25, 0.3) is 0 Å². The Morgan fingerprint density at radius 2 is 1.89 bits per heavy atom. The fourth-order valence-corrected chi connectivity index (χ4v) is 2.31. The molecule has 1 N–H and O–H groups in total. The van der Waals surface area contributed by atoms with Crippen molar-refractivity contribution in [3.8, 4) is 0 Å². The van der Waals surface area contributed by atoms with Crippen LogP contribution in [-0.4, -0.2) is 31.6 Å². The van der Waals surface area contributed by atoms with Crippen LogP contribution in [0.3, 0.4) is 0 Å². The first-order chi connectivity index (χ1) is 8.82. The predicted molar refractivity (Wildman–Crippen MR) is 76.5 cm³/mol. The number of hydrogen-bond acceptors (Lipinski definition) is 4. The van der Waals surface area contributed by atoms with Crippen LogP contribution >= 0.6 is 11.8 Å². The number of nitrogens with zero attached hydrogens (tertiary/aromatic N) is 3. The highest BCUT2D eigenvalue weighted by Crippen LogP contribution is 2.24. The van der Waals surface area contributed by atoms with Gasteiger partial charge in [-0.25, -0.2) is 0 Å². The third kappa shape index (κ3) is 4.53. The third-order valence-corrected chi connectivity index (χ3v) is 4.15. The molecule has 108 valence electrons. The monoisotopic (exact) mass is 285 g/mol. The topological polar surface area (TPSA) is 68.0 Å². The normalized spacial score (nSPS) is 13.2. The zero-order valence-electron chi connectivity index (χ0n) is 12.3. The summed E-state index contributed by atoms with van der Waals surface area (Å²) in [5, 5.41) is 17.8. The first-order valence-corrected chi connectivity index (χ1v) is 7.59. The van der Waals surface area contributed by atoms with Gasteiger partial charge in [-0.15, -0.1) is 10.2 Å². The van der Waals surface area contributed by atoms with E-state index in [2.05, 4.69) is 49.4 Å². The van der Waals surface area contributed by atoms with Gasteiger partial charge in [-0.05, 0) is 11.8 Å². The Balaban J connectivity index is 2.94. The second-order valence-corrected chi connectivity index (χ2v) is 6.45. The highest BCUT2D eigenvalue weighted by molar-refractivity contribution is 7.99. The van der Waals surface area contributed by atoms with E-state index >= 15 is 0 Å². The fraction of sp³-hybridized carbons (Fsp3) is 0.769. The van der Waals surface area contributed by atoms with Gasteiger partial charge in [-0.2, -0.15) is 0 Å². The average Bonchev–Trinajstić information content (AvgIpc) is 2.69. The lowest BCUT2D eigenvalue weighted by atomic mass is 9.98. The van der Waals surface area contributed by atoms with Crippen LogP contribution in [0, 0.1) is 11.8 Å². The number of thioether (sulfide) groups is 1. The highest BCUT2D eigenvalue weighted by atomic mass is 32.2. The van der Waals surface area contributed by atoms with E-state index in [0.29, 0.717) is 17.0 Å². The van der Waals surface area contributed by atoms with Gasteiger partial charge in [0, 0.05) is 12.5 Å². The molecule has 0 fully saturated rings. The molecule has 0 aromatic carbocycles. The average molecular weight is 285 g/mol. The summed E-state index contributed by atoms with van der Waals surface area (Å²) in [6.45, 7) is 11.6. The van der Waals surface area contributed by atoms with E-state index < -0.39 is 5.97 Å². The van der Waals surface area contributed by atoms with E-state index in [0.717, 1.165) is 12.4 Å². The molecular formula is C13H23N3O2S. The lowest BCUT2D eigenvalue weighted by Crippen LogP contribution is -2.17. The van der Waals surface area contributed by atoms with Crippen LogP contribution in [-0.2, 0) is 11.3 Å². The number of aromatic nitrogens is 3. The second kappa shape index (κ2) is 6.93. The minimum absolute atomic E-state index is 0.0201. The summed E-state index contributed by atoms with van der Waals surface area (Å²) in [5.74, 6) is 1.47. The van der Waals surface area contributed by atoms with Crippen molar-refractivity contribution in [3.63, 3.8) is 0 Å². The van der Waals surface area contributed by atoms with Crippen LogP contribution in [0.1, 0.15) is 46.4 Å². The summed E-state index contributed by atoms with van der Waals surface area (Å²) in [6, 6.07) is 0. The number of rotatable bonds is 7. The quantitative estimate of drug-likeness (QED) is 0.780. The molecule has 1 rings (SSSR count). The van der Waals surface area contributed by atoms with Gasteiger partial charge in [-0.1, -0.05) is 46.4 Å². The number of carbonyl (C=O) groups is 1. The fourth-order valence-electron chi connectivity index (χ4n) is 1.63. The van der Waals surface area contributed by atoms with Crippen molar-refractivity contribution < 1.29 is 9.90 Å². The second-order valence-electron chi connectivity index (χ2n) is 5.51. The van der Waals surface area contributed by atoms with Gasteiger partial charge in [-0.3, -0.25) is 4.79 Å². The molecular weight excluding hydrogens is 262 g/mol. The molecule has 6 heteroatoms. The van der Waals surface area contributed by atoms with Gasteiger partial charge < -0.3 is 9.67 Å². The zero-order valence-corrected chi connectivity index (χ0v) is 13.1. The number of carboxylic acids is 1. The maximum atomic E-state index is 10.7. The molecule has 0 spiro atoms. The van der Waals surface area contributed by atoms with Crippen molar-refractivity contribution in [3.05, 3.63) is 5.82 Å². The summed E-state index contributed by atoms with van der Waals surface area (Å²) in [6.07, 6.45) is 0. The Kier molecular flexibility index (Phi) is 5.85. The Morgan fingerprint density at radius 1 is 1.26 bits per heavy atom. The van der Waals surface area contributed by atoms with Crippen molar-refractivity contribution in [2.45, 2.75) is 52.2 Å². The Bertz CT molecular complexity index is 430. The molecule has 0 bridgehead atoms. The molecule has 1 aromatic rings. The summed E-state index contributed by atoms with van der Waals surface area (Å²) in [4.78, 5) is 10.7. The maximum absolute atomic E-state index is 10.7. The van der Waals surface area contributed by atoms with Crippen molar-refractivity contribution in [1.82, 2.24) is 14.8 Å². The van der Waals surface area contributed by atoms with Crippen LogP contribution in [0.2, 0.25) is 0 Å². The summed E-state index contributed by atoms with van der Waals surface area (Å²) >= 11 is 1.24. The SMILES string of the molecule is CC(C)c1nnc(SCC(=O)O)n1CC(C)C(C)C. The number of carboxylic acid groups (broad SMARTS) is 1. The van der Waals surface area contributed by atoms with Crippen molar-refractivity contribution in [1.29, 1.82) is 0 Å². The molecule has 1 unspecified atom stereocenters. The summed E-state index contributed by atoms with van der Waals surface area (Å²) in [7, 11) is 0. The van der Waals surface area contributed by atoms with E-state index in [1.807, 2.05) is 0 Å². The van der Waals surface area contributed by atoms with Gasteiger partial charge in [0.1, 0.15) is 5.82 Å². The van der Waals surface area contributed by atoms with Crippen LogP contribution in [0.5, 0.6) is 0 Å². The van der Waals surface area contributed by atoms with Crippen molar-refractivity contribution in [2.24, 2.45) is 11.8 Å². The van der Waals surface area contributed by atoms with E-state index in [1.165, 1.54) is 11.8 Å². The van der Waals surface area contributed by atoms with Crippen molar-refractivity contribution in [2.75, 3.05) is 5.75 Å². The third-order valence-electron chi connectivity index (χ3n) is 3.20. The molecule has 1 heterocycles. The number of hydrogen-bond donors (Lipinski definition) is 1. The standard InChI is InChI=1S/C13H23N3O2S/c1-8(2)10(5)6-16-12(9(3)4)14-15-13(16)19-7-11(17)18/h8-10H,6-7H2,1-5H3,(H,17,18). The first kappa shape index (κ1) is 16.0. The summed E-state index contributed by atoms with van der Waals surface area (Å²) < 4.78 is 2.07. The lowest BCUT2D eigenvalue weighted by Gasteiger charge is -2.19. The molecule has 0 aliphatic rings. The highest BCUT2D eigenvalue weighted by Gasteiger charge is 2.19. The van der Waals surface area contributed by atoms with Crippen molar-refractivity contribution >= 4 is 17.7 Å². The minimum atomic E-state index is -0.831. The van der Waals surface area contributed by atoms with E-state index in [9.17, 15) is 4.79 Å². The molecule has 0 radical (unpaired) electrons. The molecule has 0 saturated heterocycles. The molecule has 1 aromatic heterocycles. The first-order valence-electron chi connectivity index (χ1n) is 6.60. The Morgan fingerprint density at radius 3 is 2.37 bits per heavy atom. The van der Waals surface area contributed by atoms with E-state index in [4.69, 9.17) is 5.11 Å². The molecule has 5 nitrogen and oxygen atoms in total. The van der Waals surface area contributed by atoms with Gasteiger partial charge in [0.15, 0.2) is 5.16 Å². The van der Waals surface area contributed by atoms with Crippen LogP contribution in [0.4, 0.5) is 0 Å². The lowest BCUT2D eigenvalue weighted by molar-refractivity contribution is -0.133. The zero-order chi connectivity index (χ0) is 14.6. The van der Waals surface area contributed by atoms with Gasteiger partial charge in [0.2, 0.25) is 0 Å². The molecule has 1 atom stereocenters. The van der Waals surface area contributed by atoms with Gasteiger partial charge in [0.25, 0.3) is 0 Å². The van der Waals surface area contributed by atoms with E-state index in [-0.39, 0.29) is 11.7 Å². The largest absolute Gasteiger partial charge is 0.481 e. The van der Waals surface area contributed by atoms with Gasteiger partial charge in [0.05, 0.1) is 5.75 Å². The molecule has 19 heavy (non-hydrogen) atoms. The Labute approximate surface area is 118 Å². The molecule has 0 amide bonds. The van der Waals surface area contributed by atoms with E-state index in [1.54, 1.807) is 0 Å². The predicted octanol–water partition coefficient (Wildman–Crippen LogP) is 2.87. The smallest absolute Gasteiger partial charge is 0.313 e. The van der Waals surface area contributed by atoms with Crippen LogP contribution in [0.15, 0.2) is 5.16 Å². The van der Waals surface area contributed by atoms with Gasteiger partial charge >= 0.3 is 5.97 Å².